The molecule has 0 bridgehead atoms. The fourth-order valence-corrected chi connectivity index (χ4v) is 3.43. The Kier molecular flexibility index (Phi) is 6.10. The summed E-state index contributed by atoms with van der Waals surface area (Å²) in [6, 6.07) is 16.0. The zero-order valence-corrected chi connectivity index (χ0v) is 16.4. The van der Waals surface area contributed by atoms with E-state index in [0.717, 1.165) is 0 Å². The molecule has 0 unspecified atom stereocenters. The maximum atomic E-state index is 12.4. The zero-order valence-electron chi connectivity index (χ0n) is 15.6. The topological polar surface area (TPSA) is 127 Å². The molecule has 0 radical (unpaired) electrons. The molecule has 150 valence electrons. The Morgan fingerprint density at radius 3 is 2.31 bits per heavy atom. The first-order valence-electron chi connectivity index (χ1n) is 8.68. The second kappa shape index (κ2) is 8.72. The highest BCUT2D eigenvalue weighted by atomic mass is 32.2. The second-order valence-electron chi connectivity index (χ2n) is 6.19. The van der Waals surface area contributed by atoms with Crippen LogP contribution in [0.5, 0.6) is 0 Å². The molecule has 0 atom stereocenters. The van der Waals surface area contributed by atoms with Crippen LogP contribution in [-0.4, -0.2) is 20.0 Å². The van der Waals surface area contributed by atoms with Gasteiger partial charge in [0.15, 0.2) is 0 Å². The van der Waals surface area contributed by atoms with Crippen LogP contribution in [0.2, 0.25) is 0 Å². The number of nitrogens with zero attached hydrogens (tertiary/aromatic N) is 1. The molecule has 0 saturated carbocycles. The largest absolute Gasteiger partial charge is 0.468 e. The Morgan fingerprint density at radius 2 is 1.69 bits per heavy atom. The molecule has 0 aliphatic heterocycles. The summed E-state index contributed by atoms with van der Waals surface area (Å²) in [6.45, 7) is 1.77. The van der Waals surface area contributed by atoms with Crippen molar-refractivity contribution in [2.45, 2.75) is 18.4 Å². The fraction of sp³-hybridized carbons (Fsp3) is 0.100. The molecule has 4 N–H and O–H groups in total. The molecule has 8 nitrogen and oxygen atoms in total. The lowest BCUT2D eigenvalue weighted by atomic mass is 10.1. The van der Waals surface area contributed by atoms with Gasteiger partial charge in [-0.15, -0.1) is 0 Å². The predicted molar refractivity (Wildman–Crippen MR) is 110 cm³/mol. The first-order valence-corrected chi connectivity index (χ1v) is 10.2. The highest BCUT2D eigenvalue weighted by Crippen LogP contribution is 2.12. The Labute approximate surface area is 168 Å². The van der Waals surface area contributed by atoms with Gasteiger partial charge in [-0.2, -0.15) is 5.10 Å². The highest BCUT2D eigenvalue weighted by Gasteiger charge is 2.14. The predicted octanol–water partition coefficient (Wildman–Crippen LogP) is 2.49. The maximum absolute atomic E-state index is 12.4. The third kappa shape index (κ3) is 5.31. The van der Waals surface area contributed by atoms with Crippen LogP contribution in [0.1, 0.15) is 28.6 Å². The van der Waals surface area contributed by atoms with Crippen molar-refractivity contribution >= 4 is 27.3 Å². The van der Waals surface area contributed by atoms with Crippen molar-refractivity contribution in [3.05, 3.63) is 83.8 Å². The summed E-state index contributed by atoms with van der Waals surface area (Å²) >= 11 is 0. The van der Waals surface area contributed by atoms with Crippen molar-refractivity contribution in [2.75, 3.05) is 5.73 Å². The molecule has 1 amide bonds. The first kappa shape index (κ1) is 20.3. The minimum Gasteiger partial charge on any atom is -0.468 e. The minimum absolute atomic E-state index is 0.0642. The van der Waals surface area contributed by atoms with Crippen LogP contribution in [0, 0.1) is 0 Å². The molecule has 0 aliphatic rings. The van der Waals surface area contributed by atoms with Gasteiger partial charge >= 0.3 is 0 Å². The standard InChI is InChI=1S/C20H20N4O4S/c1-14(23-24-20(25)16-4-8-17(21)9-5-16)15-6-10-19(11-7-15)29(26,27)22-13-18-3-2-12-28-18/h2-12,22H,13,21H2,1H3,(H,24,25)/b23-14+. The summed E-state index contributed by atoms with van der Waals surface area (Å²) in [4.78, 5) is 12.2. The Hall–Kier alpha value is -3.43. The number of rotatable bonds is 7. The van der Waals surface area contributed by atoms with E-state index in [2.05, 4.69) is 15.2 Å². The lowest BCUT2D eigenvalue weighted by Gasteiger charge is -2.07. The van der Waals surface area contributed by atoms with E-state index in [4.69, 9.17) is 10.2 Å². The number of hydrogen-bond donors (Lipinski definition) is 3. The molecule has 1 heterocycles. The summed E-state index contributed by atoms with van der Waals surface area (Å²) < 4.78 is 32.3. The molecule has 0 aliphatic carbocycles. The number of nitrogens with two attached hydrogens (primary N) is 1. The molecular weight excluding hydrogens is 392 g/mol. The summed E-state index contributed by atoms with van der Waals surface area (Å²) in [5, 5.41) is 4.06. The third-order valence-corrected chi connectivity index (χ3v) is 5.51. The van der Waals surface area contributed by atoms with Crippen molar-refractivity contribution < 1.29 is 17.6 Å². The Bertz CT molecular complexity index is 1100. The lowest BCUT2D eigenvalue weighted by molar-refractivity contribution is 0.0955. The normalized spacial score (nSPS) is 12.0. The van der Waals surface area contributed by atoms with Gasteiger partial charge < -0.3 is 10.2 Å². The van der Waals surface area contributed by atoms with Gasteiger partial charge in [0.1, 0.15) is 5.76 Å². The average Bonchev–Trinajstić information content (AvgIpc) is 3.25. The van der Waals surface area contributed by atoms with Crippen LogP contribution >= 0.6 is 0 Å². The molecule has 9 heteroatoms. The van der Waals surface area contributed by atoms with Crippen LogP contribution in [0.15, 0.2) is 81.3 Å². The number of hydrazone groups is 1. The number of carbonyl (C=O) groups is 1. The molecular formula is C20H20N4O4S. The molecule has 0 spiro atoms. The molecule has 2 aromatic carbocycles. The number of amides is 1. The SMILES string of the molecule is C/C(=N\NC(=O)c1ccc(N)cc1)c1ccc(S(=O)(=O)NCc2ccco2)cc1. The van der Waals surface area contributed by atoms with Crippen LogP contribution in [0.3, 0.4) is 0 Å². The van der Waals surface area contributed by atoms with E-state index in [0.29, 0.717) is 28.3 Å². The maximum Gasteiger partial charge on any atom is 0.271 e. The van der Waals surface area contributed by atoms with Gasteiger partial charge in [-0.25, -0.2) is 18.6 Å². The van der Waals surface area contributed by atoms with Crippen LogP contribution in [0.25, 0.3) is 0 Å². The number of hydrogen-bond acceptors (Lipinski definition) is 6. The molecule has 1 aromatic heterocycles. The van der Waals surface area contributed by atoms with Crippen molar-refractivity contribution in [2.24, 2.45) is 5.10 Å². The average molecular weight is 412 g/mol. The second-order valence-corrected chi connectivity index (χ2v) is 7.96. The molecule has 0 fully saturated rings. The van der Waals surface area contributed by atoms with Gasteiger partial charge in [0, 0.05) is 11.3 Å². The van der Waals surface area contributed by atoms with Gasteiger partial charge in [0.25, 0.3) is 5.91 Å². The van der Waals surface area contributed by atoms with Gasteiger partial charge in [0.2, 0.25) is 10.0 Å². The van der Waals surface area contributed by atoms with E-state index < -0.39 is 10.0 Å². The van der Waals surface area contributed by atoms with Crippen LogP contribution in [-0.2, 0) is 16.6 Å². The lowest BCUT2D eigenvalue weighted by Crippen LogP contribution is -2.23. The third-order valence-electron chi connectivity index (χ3n) is 4.10. The number of anilines is 1. The quantitative estimate of drug-likeness (QED) is 0.312. The van der Waals surface area contributed by atoms with Crippen molar-refractivity contribution in [3.8, 4) is 0 Å². The smallest absolute Gasteiger partial charge is 0.271 e. The van der Waals surface area contributed by atoms with Gasteiger partial charge in [-0.05, 0) is 61.0 Å². The number of benzene rings is 2. The number of carbonyl (C=O) groups excluding carboxylic acids is 1. The van der Waals surface area contributed by atoms with E-state index in [-0.39, 0.29) is 17.3 Å². The molecule has 0 saturated heterocycles. The van der Waals surface area contributed by atoms with Crippen molar-refractivity contribution in [1.29, 1.82) is 0 Å². The summed E-state index contributed by atoms with van der Waals surface area (Å²) in [7, 11) is -3.67. The van der Waals surface area contributed by atoms with Crippen LogP contribution in [0.4, 0.5) is 5.69 Å². The first-order chi connectivity index (χ1) is 13.8. The number of nitrogen functional groups attached to an aromatic ring is 1. The monoisotopic (exact) mass is 412 g/mol. The summed E-state index contributed by atoms with van der Waals surface area (Å²) in [5.74, 6) is 0.149. The number of nitrogens with one attached hydrogen (secondary N) is 2. The molecule has 29 heavy (non-hydrogen) atoms. The minimum atomic E-state index is -3.67. The van der Waals surface area contributed by atoms with Gasteiger partial charge in [-0.1, -0.05) is 12.1 Å². The zero-order chi connectivity index (χ0) is 20.9. The van der Waals surface area contributed by atoms with E-state index in [9.17, 15) is 13.2 Å². The van der Waals surface area contributed by atoms with Crippen molar-refractivity contribution in [1.82, 2.24) is 10.1 Å². The van der Waals surface area contributed by atoms with Gasteiger partial charge in [-0.3, -0.25) is 4.79 Å². The summed E-state index contributed by atoms with van der Waals surface area (Å²) in [5.41, 5.74) is 10.3. The van der Waals surface area contributed by atoms with Crippen molar-refractivity contribution in [3.63, 3.8) is 0 Å². The van der Waals surface area contributed by atoms with E-state index in [1.165, 1.54) is 18.4 Å². The van der Waals surface area contributed by atoms with E-state index >= 15 is 0 Å². The molecule has 3 aromatic rings. The van der Waals surface area contributed by atoms with E-state index in [1.807, 2.05) is 0 Å². The molecule has 3 rings (SSSR count). The highest BCUT2D eigenvalue weighted by molar-refractivity contribution is 7.89. The summed E-state index contributed by atoms with van der Waals surface area (Å²) in [6.07, 6.45) is 1.48. The van der Waals surface area contributed by atoms with E-state index in [1.54, 1.807) is 55.5 Å². The van der Waals surface area contributed by atoms with Crippen LogP contribution < -0.4 is 15.9 Å². The van der Waals surface area contributed by atoms with Gasteiger partial charge in [0.05, 0.1) is 23.4 Å². The number of sulfonamides is 1. The Balaban J connectivity index is 1.64. The Morgan fingerprint density at radius 1 is 1.03 bits per heavy atom. The number of furan rings is 1. The fourth-order valence-electron chi connectivity index (χ4n) is 2.44.